The number of hydrogen-bond acceptors (Lipinski definition) is 3. The molecule has 1 unspecified atom stereocenters. The van der Waals surface area contributed by atoms with Gasteiger partial charge in [0.05, 0.1) is 0 Å². The number of unbranched alkanes of at least 4 members (excludes halogenated alkanes) is 1. The van der Waals surface area contributed by atoms with E-state index in [4.69, 9.17) is 0 Å². The summed E-state index contributed by atoms with van der Waals surface area (Å²) < 4.78 is 0. The Morgan fingerprint density at radius 3 is 2.57 bits per heavy atom. The fraction of sp³-hybridized carbons (Fsp3) is 0.875. The van der Waals surface area contributed by atoms with Crippen LogP contribution in [-0.4, -0.2) is 46.0 Å². The SMILES string of the molecule is CCCCC1CCC(C(=O)N2CCSCC2C(=O)O)CC1. The molecule has 21 heavy (non-hydrogen) atoms. The molecular formula is C16H27NO3S. The molecule has 1 saturated heterocycles. The van der Waals surface area contributed by atoms with Crippen LogP contribution in [-0.2, 0) is 9.59 Å². The second-order valence-electron chi connectivity index (χ2n) is 6.32. The lowest BCUT2D eigenvalue weighted by atomic mass is 9.79. The van der Waals surface area contributed by atoms with Crippen molar-refractivity contribution in [3.63, 3.8) is 0 Å². The molecule has 1 N–H and O–H groups in total. The summed E-state index contributed by atoms with van der Waals surface area (Å²) in [5.41, 5.74) is 0. The Morgan fingerprint density at radius 2 is 1.95 bits per heavy atom. The van der Waals surface area contributed by atoms with Gasteiger partial charge in [-0.15, -0.1) is 0 Å². The minimum Gasteiger partial charge on any atom is -0.480 e. The summed E-state index contributed by atoms with van der Waals surface area (Å²) in [6, 6.07) is -0.617. The van der Waals surface area contributed by atoms with Gasteiger partial charge >= 0.3 is 5.97 Å². The highest BCUT2D eigenvalue weighted by Gasteiger charge is 2.36. The quantitative estimate of drug-likeness (QED) is 0.847. The Kier molecular flexibility index (Phi) is 6.40. The average molecular weight is 313 g/mol. The van der Waals surface area contributed by atoms with Crippen molar-refractivity contribution in [2.75, 3.05) is 18.1 Å². The van der Waals surface area contributed by atoms with Gasteiger partial charge in [-0.25, -0.2) is 4.79 Å². The Labute approximate surface area is 131 Å². The molecular weight excluding hydrogens is 286 g/mol. The molecule has 0 radical (unpaired) electrons. The summed E-state index contributed by atoms with van der Waals surface area (Å²) in [4.78, 5) is 25.6. The van der Waals surface area contributed by atoms with Gasteiger partial charge in [-0.3, -0.25) is 4.79 Å². The van der Waals surface area contributed by atoms with Gasteiger partial charge < -0.3 is 10.0 Å². The molecule has 120 valence electrons. The first kappa shape index (κ1) is 16.7. The van der Waals surface area contributed by atoms with Crippen LogP contribution in [0.1, 0.15) is 51.9 Å². The van der Waals surface area contributed by atoms with Crippen molar-refractivity contribution in [1.29, 1.82) is 0 Å². The second kappa shape index (κ2) is 8.06. The molecule has 0 aromatic rings. The summed E-state index contributed by atoms with van der Waals surface area (Å²) in [5.74, 6) is 1.48. The number of nitrogens with zero attached hydrogens (tertiary/aromatic N) is 1. The minimum atomic E-state index is -0.854. The van der Waals surface area contributed by atoms with Crippen molar-refractivity contribution in [3.05, 3.63) is 0 Å². The molecule has 2 rings (SSSR count). The smallest absolute Gasteiger partial charge is 0.327 e. The Hall–Kier alpha value is -0.710. The third-order valence-corrected chi connectivity index (χ3v) is 5.88. The van der Waals surface area contributed by atoms with Crippen molar-refractivity contribution >= 4 is 23.6 Å². The van der Waals surface area contributed by atoms with Crippen LogP contribution in [0.2, 0.25) is 0 Å². The molecule has 1 aliphatic carbocycles. The molecule has 1 atom stereocenters. The number of carbonyl (C=O) groups excluding carboxylic acids is 1. The van der Waals surface area contributed by atoms with Crippen LogP contribution in [0.15, 0.2) is 0 Å². The Morgan fingerprint density at radius 1 is 1.24 bits per heavy atom. The maximum absolute atomic E-state index is 12.6. The van der Waals surface area contributed by atoms with Gasteiger partial charge in [0.2, 0.25) is 5.91 Å². The van der Waals surface area contributed by atoms with E-state index in [1.165, 1.54) is 19.3 Å². The third kappa shape index (κ3) is 4.38. The van der Waals surface area contributed by atoms with Crippen LogP contribution in [0.25, 0.3) is 0 Å². The van der Waals surface area contributed by atoms with Gasteiger partial charge in [0.25, 0.3) is 0 Å². The van der Waals surface area contributed by atoms with Crippen molar-refractivity contribution in [1.82, 2.24) is 4.90 Å². The largest absolute Gasteiger partial charge is 0.480 e. The number of carboxylic acid groups (broad SMARTS) is 1. The number of hydrogen-bond donors (Lipinski definition) is 1. The normalized spacial score (nSPS) is 30.1. The summed E-state index contributed by atoms with van der Waals surface area (Å²) in [5, 5.41) is 9.29. The van der Waals surface area contributed by atoms with Gasteiger partial charge in [0, 0.05) is 24.0 Å². The van der Waals surface area contributed by atoms with E-state index in [1.807, 2.05) is 0 Å². The summed E-state index contributed by atoms with van der Waals surface area (Å²) >= 11 is 1.63. The predicted octanol–water partition coefficient (Wildman–Crippen LogP) is 3.01. The maximum Gasteiger partial charge on any atom is 0.327 e. The molecule has 1 aliphatic heterocycles. The Bertz CT molecular complexity index is 367. The first-order chi connectivity index (χ1) is 10.1. The molecule has 2 aliphatic rings. The molecule has 0 spiro atoms. The fourth-order valence-corrected chi connectivity index (χ4v) is 4.54. The molecule has 1 saturated carbocycles. The third-order valence-electron chi connectivity index (χ3n) is 4.86. The summed E-state index contributed by atoms with van der Waals surface area (Å²) in [6.07, 6.45) is 7.98. The molecule has 0 aromatic carbocycles. The van der Waals surface area contributed by atoms with Crippen LogP contribution in [0.3, 0.4) is 0 Å². The number of thioether (sulfide) groups is 1. The van der Waals surface area contributed by atoms with Crippen LogP contribution in [0.4, 0.5) is 0 Å². The van der Waals surface area contributed by atoms with Gasteiger partial charge in [-0.2, -0.15) is 11.8 Å². The van der Waals surface area contributed by atoms with E-state index in [9.17, 15) is 14.7 Å². The van der Waals surface area contributed by atoms with Crippen molar-refractivity contribution in [3.8, 4) is 0 Å². The highest BCUT2D eigenvalue weighted by atomic mass is 32.2. The van der Waals surface area contributed by atoms with Crippen molar-refractivity contribution in [2.24, 2.45) is 11.8 Å². The number of carboxylic acids is 1. The van der Waals surface area contributed by atoms with Crippen LogP contribution in [0.5, 0.6) is 0 Å². The van der Waals surface area contributed by atoms with Crippen molar-refractivity contribution in [2.45, 2.75) is 57.9 Å². The highest BCUT2D eigenvalue weighted by molar-refractivity contribution is 7.99. The number of rotatable bonds is 5. The number of amides is 1. The summed E-state index contributed by atoms with van der Waals surface area (Å²) in [7, 11) is 0. The zero-order valence-electron chi connectivity index (χ0n) is 12.9. The lowest BCUT2D eigenvalue weighted by Gasteiger charge is -2.37. The molecule has 0 bridgehead atoms. The van der Waals surface area contributed by atoms with Crippen molar-refractivity contribution < 1.29 is 14.7 Å². The van der Waals surface area contributed by atoms with E-state index in [2.05, 4.69) is 6.92 Å². The zero-order chi connectivity index (χ0) is 15.2. The van der Waals surface area contributed by atoms with E-state index >= 15 is 0 Å². The lowest BCUT2D eigenvalue weighted by molar-refractivity contribution is -0.151. The predicted molar refractivity (Wildman–Crippen MR) is 85.4 cm³/mol. The topological polar surface area (TPSA) is 57.6 Å². The summed E-state index contributed by atoms with van der Waals surface area (Å²) in [6.45, 7) is 2.81. The van der Waals surface area contributed by atoms with Gasteiger partial charge in [-0.1, -0.05) is 26.2 Å². The molecule has 5 heteroatoms. The average Bonchev–Trinajstić information content (AvgIpc) is 2.52. The van der Waals surface area contributed by atoms with E-state index in [0.717, 1.165) is 37.4 Å². The number of aliphatic carboxylic acids is 1. The second-order valence-corrected chi connectivity index (χ2v) is 7.47. The maximum atomic E-state index is 12.6. The van der Waals surface area contributed by atoms with Crippen LogP contribution < -0.4 is 0 Å². The first-order valence-corrected chi connectivity index (χ1v) is 9.40. The molecule has 2 fully saturated rings. The monoisotopic (exact) mass is 313 g/mol. The van der Waals surface area contributed by atoms with Gasteiger partial charge in [-0.05, 0) is 31.6 Å². The molecule has 1 amide bonds. The van der Waals surface area contributed by atoms with E-state index in [1.54, 1.807) is 16.7 Å². The van der Waals surface area contributed by atoms with E-state index in [0.29, 0.717) is 12.3 Å². The van der Waals surface area contributed by atoms with E-state index < -0.39 is 12.0 Å². The molecule has 4 nitrogen and oxygen atoms in total. The Balaban J connectivity index is 1.87. The van der Waals surface area contributed by atoms with Gasteiger partial charge in [0.15, 0.2) is 0 Å². The van der Waals surface area contributed by atoms with Gasteiger partial charge in [0.1, 0.15) is 6.04 Å². The highest BCUT2D eigenvalue weighted by Crippen LogP contribution is 2.33. The zero-order valence-corrected chi connectivity index (χ0v) is 13.7. The van der Waals surface area contributed by atoms with Crippen LogP contribution in [0, 0.1) is 11.8 Å². The molecule has 1 heterocycles. The standard InChI is InChI=1S/C16H27NO3S/c1-2-3-4-12-5-7-13(8-6-12)15(18)17-9-10-21-11-14(17)16(19)20/h12-14H,2-11H2,1H3,(H,19,20). The first-order valence-electron chi connectivity index (χ1n) is 8.24. The fourth-order valence-electron chi connectivity index (χ4n) is 3.50. The van der Waals surface area contributed by atoms with E-state index in [-0.39, 0.29) is 11.8 Å². The van der Waals surface area contributed by atoms with Crippen LogP contribution >= 0.6 is 11.8 Å². The lowest BCUT2D eigenvalue weighted by Crippen LogP contribution is -2.52. The number of carbonyl (C=O) groups is 2. The molecule has 0 aromatic heterocycles. The minimum absolute atomic E-state index is 0.0628.